The van der Waals surface area contributed by atoms with E-state index in [4.69, 9.17) is 5.26 Å². The molecule has 0 saturated heterocycles. The quantitative estimate of drug-likeness (QED) is 0.331. The summed E-state index contributed by atoms with van der Waals surface area (Å²) < 4.78 is 0.185. The maximum atomic E-state index is 7.70. The van der Waals surface area contributed by atoms with Gasteiger partial charge in [0.05, 0.1) is 0 Å². The Morgan fingerprint density at radius 1 is 2.00 bits per heavy atom. The molecule has 0 aliphatic rings. The molecular formula is C3H2NNi. The number of rotatable bonds is 0. The molecule has 1 nitrogen and oxygen atoms in total. The van der Waals surface area contributed by atoms with Crippen LogP contribution in [-0.4, -0.2) is 0 Å². The molecule has 0 heterocycles. The van der Waals surface area contributed by atoms with Crippen molar-refractivity contribution >= 4 is 0 Å². The Balaban J connectivity index is 3.35. The Morgan fingerprint density at radius 3 is 2.20 bits per heavy atom. The zero-order valence-electron chi connectivity index (χ0n) is 2.47. The molecule has 0 bridgehead atoms. The van der Waals surface area contributed by atoms with Crippen LogP contribution in [0.25, 0.3) is 0 Å². The second kappa shape index (κ2) is 1.99. The molecule has 0 aromatic rings. The van der Waals surface area contributed by atoms with Gasteiger partial charge in [0, 0.05) is 0 Å². The molecule has 0 aromatic heterocycles. The molecule has 29 valence electrons. The van der Waals surface area contributed by atoms with Crippen LogP contribution in [0.4, 0.5) is 0 Å². The van der Waals surface area contributed by atoms with Gasteiger partial charge in [-0.15, -0.1) is 0 Å². The molecule has 0 saturated carbocycles. The normalized spacial score (nSPS) is 5.80. The maximum absolute atomic E-state index is 7.70. The fourth-order valence-electron chi connectivity index (χ4n) is 0. The third-order valence-electron chi connectivity index (χ3n) is 0.114. The molecule has 0 radical (unpaired) electrons. The molecule has 0 aromatic carbocycles. The standard InChI is InChI=1S/C3H2N.Ni/c1-2-3-4;/h1H2;. The van der Waals surface area contributed by atoms with Crippen LogP contribution in [0.1, 0.15) is 0 Å². The summed E-state index contributed by atoms with van der Waals surface area (Å²) >= 11 is 3.97. The van der Waals surface area contributed by atoms with Crippen LogP contribution >= 0.6 is 0 Å². The van der Waals surface area contributed by atoms with E-state index in [1.807, 2.05) is 0 Å². The Morgan fingerprint density at radius 2 is 2.20 bits per heavy atom. The second-order valence-corrected chi connectivity index (χ2v) is 1.08. The van der Waals surface area contributed by atoms with E-state index in [2.05, 4.69) is 22.0 Å². The van der Waals surface area contributed by atoms with Crippen LogP contribution < -0.4 is 0 Å². The molecule has 0 spiro atoms. The van der Waals surface area contributed by atoms with E-state index in [1.54, 1.807) is 6.07 Å². The van der Waals surface area contributed by atoms with E-state index in [-0.39, 0.29) is 4.54 Å². The molecule has 0 amide bonds. The van der Waals surface area contributed by atoms with Crippen molar-refractivity contribution in [2.45, 2.75) is 0 Å². The zero-order chi connectivity index (χ0) is 4.28. The first kappa shape index (κ1) is 4.72. The molecule has 0 rings (SSSR count). The van der Waals surface area contributed by atoms with Crippen LogP contribution in [0, 0.1) is 11.3 Å². The van der Waals surface area contributed by atoms with E-state index in [1.165, 1.54) is 0 Å². The van der Waals surface area contributed by atoms with Crippen molar-refractivity contribution in [2.24, 2.45) is 0 Å². The van der Waals surface area contributed by atoms with Gasteiger partial charge in [0.25, 0.3) is 0 Å². The Kier molecular flexibility index (Phi) is 1.88. The van der Waals surface area contributed by atoms with Crippen LogP contribution in [0.15, 0.2) is 11.1 Å². The average molecular weight is 111 g/mol. The van der Waals surface area contributed by atoms with E-state index < -0.39 is 0 Å². The minimum absolute atomic E-state index is 0.185. The molecule has 0 fully saturated rings. The third kappa shape index (κ3) is 3.72. The van der Waals surface area contributed by atoms with Crippen molar-refractivity contribution in [3.8, 4) is 6.07 Å². The van der Waals surface area contributed by atoms with E-state index in [0.29, 0.717) is 0 Å². The average Bonchev–Trinajstić information content (AvgIpc) is 1.38. The monoisotopic (exact) mass is 110 g/mol. The van der Waals surface area contributed by atoms with Crippen molar-refractivity contribution in [1.82, 2.24) is 0 Å². The molecule has 0 unspecified atom stereocenters. The summed E-state index contributed by atoms with van der Waals surface area (Å²) in [6, 6.07) is 1.67. The van der Waals surface area contributed by atoms with Gasteiger partial charge in [0.15, 0.2) is 0 Å². The van der Waals surface area contributed by atoms with E-state index in [0.717, 1.165) is 0 Å². The summed E-state index contributed by atoms with van der Waals surface area (Å²) in [4.78, 5) is 0. The Bertz CT molecular complexity index is 79.4. The van der Waals surface area contributed by atoms with Crippen molar-refractivity contribution < 1.29 is 15.5 Å². The predicted molar refractivity (Wildman–Crippen MR) is 14.8 cm³/mol. The number of nitriles is 1. The van der Waals surface area contributed by atoms with Gasteiger partial charge < -0.3 is 0 Å². The van der Waals surface area contributed by atoms with Crippen LogP contribution in [0.2, 0.25) is 0 Å². The summed E-state index contributed by atoms with van der Waals surface area (Å²) in [5, 5.41) is 7.70. The summed E-state index contributed by atoms with van der Waals surface area (Å²) in [6.45, 7) is 3.15. The zero-order valence-corrected chi connectivity index (χ0v) is 3.46. The van der Waals surface area contributed by atoms with Gasteiger partial charge in [-0.3, -0.25) is 0 Å². The number of hydrogen-bond donors (Lipinski definition) is 0. The van der Waals surface area contributed by atoms with Crippen LogP contribution in [-0.2, 0) is 15.5 Å². The fraction of sp³-hybridized carbons (Fsp3) is 0. The van der Waals surface area contributed by atoms with Gasteiger partial charge in [0.1, 0.15) is 0 Å². The first-order valence-corrected chi connectivity index (χ1v) is 1.48. The van der Waals surface area contributed by atoms with Crippen LogP contribution in [0.5, 0.6) is 0 Å². The molecule has 2 heteroatoms. The fourth-order valence-corrected chi connectivity index (χ4v) is 0. The predicted octanol–water partition coefficient (Wildman–Crippen LogP) is 0.570. The van der Waals surface area contributed by atoms with Gasteiger partial charge in [-0.05, 0) is 0 Å². The Hall–Kier alpha value is -0.276. The molecule has 0 aliphatic carbocycles. The van der Waals surface area contributed by atoms with Gasteiger partial charge >= 0.3 is 37.9 Å². The third-order valence-corrected chi connectivity index (χ3v) is 0.225. The minimum atomic E-state index is 0.185. The van der Waals surface area contributed by atoms with Gasteiger partial charge in [-0.1, -0.05) is 0 Å². The number of hydrogen-bond acceptors (Lipinski definition) is 1. The molecular weight excluding hydrogens is 109 g/mol. The van der Waals surface area contributed by atoms with E-state index >= 15 is 0 Å². The van der Waals surface area contributed by atoms with Crippen molar-refractivity contribution in [3.05, 3.63) is 11.1 Å². The molecule has 0 atom stereocenters. The van der Waals surface area contributed by atoms with Gasteiger partial charge in [0.2, 0.25) is 0 Å². The Labute approximate surface area is 38.7 Å². The van der Waals surface area contributed by atoms with Crippen molar-refractivity contribution in [2.75, 3.05) is 0 Å². The first-order valence-electron chi connectivity index (χ1n) is 0.985. The molecule has 5 heavy (non-hydrogen) atoms. The summed E-state index contributed by atoms with van der Waals surface area (Å²) in [6.07, 6.45) is 0. The second-order valence-electron chi connectivity index (χ2n) is 0.479. The summed E-state index contributed by atoms with van der Waals surface area (Å²) in [5.74, 6) is 0. The van der Waals surface area contributed by atoms with Crippen LogP contribution in [0.3, 0.4) is 0 Å². The topological polar surface area (TPSA) is 23.8 Å². The van der Waals surface area contributed by atoms with E-state index in [9.17, 15) is 0 Å². The van der Waals surface area contributed by atoms with Gasteiger partial charge in [-0.2, -0.15) is 0 Å². The molecule has 0 aliphatic heterocycles. The van der Waals surface area contributed by atoms with Crippen molar-refractivity contribution in [3.63, 3.8) is 0 Å². The van der Waals surface area contributed by atoms with Crippen molar-refractivity contribution in [1.29, 1.82) is 5.26 Å². The number of nitrogens with zero attached hydrogens (tertiary/aromatic N) is 1. The SMILES string of the molecule is C=[C]([Ni])C#N. The van der Waals surface area contributed by atoms with Gasteiger partial charge in [-0.25, -0.2) is 0 Å². The first-order chi connectivity index (χ1) is 2.27. The number of allylic oxidation sites excluding steroid dienone is 1. The summed E-state index contributed by atoms with van der Waals surface area (Å²) in [7, 11) is 0. The molecule has 0 N–H and O–H groups in total. The summed E-state index contributed by atoms with van der Waals surface area (Å²) in [5.41, 5.74) is 0.